The fraction of sp³-hybridized carbons (Fsp3) is 0.462. The van der Waals surface area contributed by atoms with Gasteiger partial charge in [-0.2, -0.15) is 0 Å². The van der Waals surface area contributed by atoms with Crippen LogP contribution in [-0.2, 0) is 11.3 Å². The summed E-state index contributed by atoms with van der Waals surface area (Å²) in [5, 5.41) is 5.83. The molecule has 4 heteroatoms. The smallest absolute Gasteiger partial charge is 0.234 e. The molecule has 0 aromatic heterocycles. The van der Waals surface area contributed by atoms with E-state index in [0.717, 1.165) is 17.9 Å². The first-order chi connectivity index (χ1) is 8.26. The molecule has 0 aliphatic heterocycles. The second-order valence-electron chi connectivity index (χ2n) is 3.64. The first kappa shape index (κ1) is 13.5. The monoisotopic (exact) mass is 236 g/mol. The second kappa shape index (κ2) is 7.68. The number of ether oxygens (including phenoxy) is 1. The maximum Gasteiger partial charge on any atom is 0.234 e. The van der Waals surface area contributed by atoms with Gasteiger partial charge >= 0.3 is 0 Å². The van der Waals surface area contributed by atoms with Crippen molar-refractivity contribution in [1.82, 2.24) is 10.6 Å². The van der Waals surface area contributed by atoms with Gasteiger partial charge in [0, 0.05) is 6.54 Å². The van der Waals surface area contributed by atoms with Crippen LogP contribution in [-0.4, -0.2) is 25.6 Å². The van der Waals surface area contributed by atoms with Crippen LogP contribution in [0.2, 0.25) is 0 Å². The number of likely N-dealkylation sites (N-methyl/N-ethyl adjacent to an activating group) is 1. The number of amides is 1. The maximum absolute atomic E-state index is 11.4. The molecule has 0 radical (unpaired) electrons. The van der Waals surface area contributed by atoms with Crippen LogP contribution in [0.4, 0.5) is 0 Å². The molecule has 2 N–H and O–H groups in total. The molecule has 94 valence electrons. The third-order valence-corrected chi connectivity index (χ3v) is 2.23. The van der Waals surface area contributed by atoms with Gasteiger partial charge in [0.05, 0.1) is 13.2 Å². The summed E-state index contributed by atoms with van der Waals surface area (Å²) in [4.78, 5) is 11.4. The van der Waals surface area contributed by atoms with E-state index >= 15 is 0 Å². The fourth-order valence-corrected chi connectivity index (χ4v) is 1.41. The molecule has 0 unspecified atom stereocenters. The first-order valence-corrected chi connectivity index (χ1v) is 5.95. The summed E-state index contributed by atoms with van der Waals surface area (Å²) in [7, 11) is 0. The fourth-order valence-electron chi connectivity index (χ4n) is 1.41. The Morgan fingerprint density at radius 1 is 1.35 bits per heavy atom. The number of carbonyl (C=O) groups excluding carboxylic acids is 1. The lowest BCUT2D eigenvalue weighted by atomic mass is 10.2. The van der Waals surface area contributed by atoms with Gasteiger partial charge in [0.2, 0.25) is 5.91 Å². The zero-order valence-electron chi connectivity index (χ0n) is 10.5. The maximum atomic E-state index is 11.4. The summed E-state index contributed by atoms with van der Waals surface area (Å²) < 4.78 is 5.39. The molecule has 1 aromatic carbocycles. The van der Waals surface area contributed by atoms with E-state index < -0.39 is 0 Å². The quantitative estimate of drug-likeness (QED) is 0.750. The van der Waals surface area contributed by atoms with Gasteiger partial charge in [0.1, 0.15) is 5.75 Å². The van der Waals surface area contributed by atoms with Crippen molar-refractivity contribution in [2.45, 2.75) is 20.4 Å². The van der Waals surface area contributed by atoms with Gasteiger partial charge in [0.25, 0.3) is 0 Å². The summed E-state index contributed by atoms with van der Waals surface area (Å²) in [5.74, 6) is 0.847. The van der Waals surface area contributed by atoms with Crippen LogP contribution in [0.25, 0.3) is 0 Å². The largest absolute Gasteiger partial charge is 0.494 e. The molecule has 1 aromatic rings. The number of carbonyl (C=O) groups is 1. The summed E-state index contributed by atoms with van der Waals surface area (Å²) in [6.07, 6.45) is 0. The molecule has 17 heavy (non-hydrogen) atoms. The van der Waals surface area contributed by atoms with E-state index in [1.165, 1.54) is 0 Å². The van der Waals surface area contributed by atoms with E-state index in [2.05, 4.69) is 10.6 Å². The van der Waals surface area contributed by atoms with Crippen LogP contribution in [0.15, 0.2) is 24.3 Å². The van der Waals surface area contributed by atoms with Crippen molar-refractivity contribution in [2.24, 2.45) is 0 Å². The Morgan fingerprint density at radius 3 is 2.88 bits per heavy atom. The predicted molar refractivity (Wildman–Crippen MR) is 68.0 cm³/mol. The number of hydrogen-bond acceptors (Lipinski definition) is 3. The molecule has 0 atom stereocenters. The van der Waals surface area contributed by atoms with Gasteiger partial charge in [-0.25, -0.2) is 0 Å². The molecule has 0 spiro atoms. The zero-order valence-corrected chi connectivity index (χ0v) is 10.5. The van der Waals surface area contributed by atoms with Crippen LogP contribution >= 0.6 is 0 Å². The van der Waals surface area contributed by atoms with Crippen molar-refractivity contribution < 1.29 is 9.53 Å². The molecule has 0 aliphatic carbocycles. The van der Waals surface area contributed by atoms with Crippen LogP contribution in [0, 0.1) is 0 Å². The Bertz CT molecular complexity index is 353. The van der Waals surface area contributed by atoms with E-state index in [0.29, 0.717) is 19.7 Å². The van der Waals surface area contributed by atoms with E-state index in [9.17, 15) is 4.79 Å². The lowest BCUT2D eigenvalue weighted by Crippen LogP contribution is -2.33. The third-order valence-electron chi connectivity index (χ3n) is 2.23. The second-order valence-corrected chi connectivity index (χ2v) is 3.64. The summed E-state index contributed by atoms with van der Waals surface area (Å²) in [6, 6.07) is 7.75. The Labute approximate surface area is 102 Å². The Hall–Kier alpha value is -1.55. The molecule has 0 saturated carbocycles. The van der Waals surface area contributed by atoms with E-state index in [1.54, 1.807) is 0 Å². The number of benzene rings is 1. The van der Waals surface area contributed by atoms with Gasteiger partial charge < -0.3 is 15.4 Å². The summed E-state index contributed by atoms with van der Waals surface area (Å²) >= 11 is 0. The van der Waals surface area contributed by atoms with Crippen molar-refractivity contribution in [3.05, 3.63) is 29.8 Å². The van der Waals surface area contributed by atoms with Crippen molar-refractivity contribution >= 4 is 5.91 Å². The molecule has 0 bridgehead atoms. The van der Waals surface area contributed by atoms with Gasteiger partial charge in [-0.1, -0.05) is 19.1 Å². The highest BCUT2D eigenvalue weighted by Gasteiger charge is 2.00. The standard InChI is InChI=1S/C13H20N2O2/c1-3-14-10-13(16)15-9-11-6-5-7-12(8-11)17-4-2/h5-8,14H,3-4,9-10H2,1-2H3,(H,15,16). The molecule has 0 saturated heterocycles. The number of hydrogen-bond donors (Lipinski definition) is 2. The highest BCUT2D eigenvalue weighted by atomic mass is 16.5. The Balaban J connectivity index is 2.40. The minimum Gasteiger partial charge on any atom is -0.494 e. The van der Waals surface area contributed by atoms with Crippen molar-refractivity contribution in [2.75, 3.05) is 19.7 Å². The van der Waals surface area contributed by atoms with E-state index in [4.69, 9.17) is 4.74 Å². The van der Waals surface area contributed by atoms with E-state index in [-0.39, 0.29) is 5.91 Å². The molecular formula is C13H20N2O2. The Kier molecular flexibility index (Phi) is 6.10. The highest BCUT2D eigenvalue weighted by Crippen LogP contribution is 2.12. The molecule has 4 nitrogen and oxygen atoms in total. The van der Waals surface area contributed by atoms with Gasteiger partial charge in [0.15, 0.2) is 0 Å². The molecule has 1 rings (SSSR count). The minimum atomic E-state index is 0.00802. The highest BCUT2D eigenvalue weighted by molar-refractivity contribution is 5.77. The third kappa shape index (κ3) is 5.36. The first-order valence-electron chi connectivity index (χ1n) is 5.95. The van der Waals surface area contributed by atoms with Crippen molar-refractivity contribution in [1.29, 1.82) is 0 Å². The van der Waals surface area contributed by atoms with Crippen LogP contribution in [0.5, 0.6) is 5.75 Å². The summed E-state index contributed by atoms with van der Waals surface area (Å²) in [6.45, 7) is 6.26. The summed E-state index contributed by atoms with van der Waals surface area (Å²) in [5.41, 5.74) is 1.04. The SMILES string of the molecule is CCNCC(=O)NCc1cccc(OCC)c1. The average molecular weight is 236 g/mol. The molecule has 0 fully saturated rings. The zero-order chi connectivity index (χ0) is 12.5. The van der Waals surface area contributed by atoms with Crippen molar-refractivity contribution in [3.63, 3.8) is 0 Å². The number of nitrogens with one attached hydrogen (secondary N) is 2. The molecule has 1 amide bonds. The molecule has 0 aliphatic rings. The lowest BCUT2D eigenvalue weighted by molar-refractivity contribution is -0.120. The van der Waals surface area contributed by atoms with E-state index in [1.807, 2.05) is 38.1 Å². The lowest BCUT2D eigenvalue weighted by Gasteiger charge is -2.08. The topological polar surface area (TPSA) is 50.4 Å². The molecular weight excluding hydrogens is 216 g/mol. The van der Waals surface area contributed by atoms with Crippen molar-refractivity contribution in [3.8, 4) is 5.75 Å². The predicted octanol–water partition coefficient (Wildman–Crippen LogP) is 1.31. The Morgan fingerprint density at radius 2 is 2.18 bits per heavy atom. The van der Waals surface area contributed by atoms with Crippen LogP contribution in [0.3, 0.4) is 0 Å². The normalized spacial score (nSPS) is 10.0. The van der Waals surface area contributed by atoms with Gasteiger partial charge in [-0.15, -0.1) is 0 Å². The average Bonchev–Trinajstić information content (AvgIpc) is 2.35. The van der Waals surface area contributed by atoms with Gasteiger partial charge in [-0.05, 0) is 31.2 Å². The van der Waals surface area contributed by atoms with Crippen LogP contribution in [0.1, 0.15) is 19.4 Å². The minimum absolute atomic E-state index is 0.00802. The number of rotatable bonds is 7. The van der Waals surface area contributed by atoms with Crippen LogP contribution < -0.4 is 15.4 Å². The van der Waals surface area contributed by atoms with Gasteiger partial charge in [-0.3, -0.25) is 4.79 Å². The molecule has 0 heterocycles.